The number of aromatic nitrogens is 2. The van der Waals surface area contributed by atoms with Crippen molar-refractivity contribution in [3.05, 3.63) is 12.4 Å². The third-order valence-electron chi connectivity index (χ3n) is 3.33. The maximum atomic E-state index is 5.72. The molecule has 5 heteroatoms. The lowest BCUT2D eigenvalue weighted by atomic mass is 10.3. The lowest BCUT2D eigenvalue weighted by Gasteiger charge is -2.32. The van der Waals surface area contributed by atoms with E-state index >= 15 is 0 Å². The molecule has 0 N–H and O–H groups in total. The average molecular weight is 252 g/mol. The van der Waals surface area contributed by atoms with Gasteiger partial charge in [-0.2, -0.15) is 5.10 Å². The number of rotatable bonds is 6. The van der Waals surface area contributed by atoms with Crippen LogP contribution in [0.25, 0.3) is 0 Å². The second kappa shape index (κ2) is 6.75. The molecule has 0 bridgehead atoms. The highest BCUT2D eigenvalue weighted by atomic mass is 16.5. The van der Waals surface area contributed by atoms with E-state index < -0.39 is 0 Å². The summed E-state index contributed by atoms with van der Waals surface area (Å²) in [6.45, 7) is 9.48. The molecule has 0 saturated carbocycles. The maximum Gasteiger partial charge on any atom is 0.157 e. The Bertz CT molecular complexity index is 345. The lowest BCUT2D eigenvalue weighted by molar-refractivity contribution is 0.133. The van der Waals surface area contributed by atoms with Crippen molar-refractivity contribution in [1.82, 2.24) is 19.6 Å². The van der Waals surface area contributed by atoms with E-state index in [1.54, 1.807) is 6.20 Å². The second-order valence-electron chi connectivity index (χ2n) is 4.93. The van der Waals surface area contributed by atoms with Crippen molar-refractivity contribution in [2.45, 2.75) is 19.9 Å². The summed E-state index contributed by atoms with van der Waals surface area (Å²) in [5, 5.41) is 4.25. The van der Waals surface area contributed by atoms with Crippen LogP contribution in [-0.4, -0.2) is 66.0 Å². The number of nitrogens with zero attached hydrogens (tertiary/aromatic N) is 4. The zero-order valence-electron chi connectivity index (χ0n) is 11.5. The van der Waals surface area contributed by atoms with Crippen LogP contribution in [0.5, 0.6) is 5.75 Å². The van der Waals surface area contributed by atoms with Gasteiger partial charge in [-0.15, -0.1) is 0 Å². The molecule has 18 heavy (non-hydrogen) atoms. The molecule has 2 rings (SSSR count). The van der Waals surface area contributed by atoms with Gasteiger partial charge in [-0.3, -0.25) is 9.58 Å². The summed E-state index contributed by atoms with van der Waals surface area (Å²) in [5.74, 6) is 0.887. The topological polar surface area (TPSA) is 33.5 Å². The first-order valence-electron chi connectivity index (χ1n) is 6.84. The molecule has 0 aliphatic carbocycles. The normalized spacial score (nSPS) is 18.1. The molecule has 0 aromatic carbocycles. The molecular weight excluding hydrogens is 228 g/mol. The van der Waals surface area contributed by atoms with E-state index in [4.69, 9.17) is 4.74 Å². The molecule has 0 atom stereocenters. The monoisotopic (exact) mass is 252 g/mol. The van der Waals surface area contributed by atoms with Crippen LogP contribution in [0.1, 0.15) is 13.3 Å². The standard InChI is InChI=1S/C13H24N4O/c1-3-4-17-12-13(11-14-17)18-10-9-16-7-5-15(2)6-8-16/h11-12H,3-10H2,1-2H3. The Morgan fingerprint density at radius 3 is 2.72 bits per heavy atom. The fourth-order valence-electron chi connectivity index (χ4n) is 2.13. The molecular formula is C13H24N4O. The van der Waals surface area contributed by atoms with Crippen LogP contribution in [0, 0.1) is 0 Å². The minimum atomic E-state index is 0.752. The summed E-state index contributed by atoms with van der Waals surface area (Å²) < 4.78 is 7.66. The number of aryl methyl sites for hydroxylation is 1. The molecule has 1 fully saturated rings. The molecule has 102 valence electrons. The van der Waals surface area contributed by atoms with Crippen LogP contribution >= 0.6 is 0 Å². The Labute approximate surface area is 109 Å². The van der Waals surface area contributed by atoms with E-state index in [0.717, 1.165) is 58.0 Å². The summed E-state index contributed by atoms with van der Waals surface area (Å²) in [4.78, 5) is 4.82. The minimum absolute atomic E-state index is 0.752. The van der Waals surface area contributed by atoms with E-state index in [-0.39, 0.29) is 0 Å². The Kier molecular flexibility index (Phi) is 5.01. The number of likely N-dealkylation sites (N-methyl/N-ethyl adjacent to an activating group) is 1. The maximum absolute atomic E-state index is 5.72. The van der Waals surface area contributed by atoms with Gasteiger partial charge in [0.2, 0.25) is 0 Å². The van der Waals surface area contributed by atoms with Crippen molar-refractivity contribution in [3.8, 4) is 5.75 Å². The smallest absolute Gasteiger partial charge is 0.157 e. The van der Waals surface area contributed by atoms with Gasteiger partial charge in [0.1, 0.15) is 6.61 Å². The van der Waals surface area contributed by atoms with Crippen LogP contribution in [0.4, 0.5) is 0 Å². The molecule has 0 amide bonds. The SMILES string of the molecule is CCCn1cc(OCCN2CCN(C)CC2)cn1. The highest BCUT2D eigenvalue weighted by molar-refractivity contribution is 5.11. The average Bonchev–Trinajstić information content (AvgIpc) is 2.80. The van der Waals surface area contributed by atoms with Gasteiger partial charge in [0, 0.05) is 39.3 Å². The van der Waals surface area contributed by atoms with Crippen LogP contribution < -0.4 is 4.74 Å². The molecule has 0 unspecified atom stereocenters. The molecule has 1 aliphatic rings. The van der Waals surface area contributed by atoms with Crippen molar-refractivity contribution in [2.24, 2.45) is 0 Å². The molecule has 0 radical (unpaired) electrons. The minimum Gasteiger partial charge on any atom is -0.489 e. The summed E-state index contributed by atoms with van der Waals surface area (Å²) >= 11 is 0. The number of piperazine rings is 1. The molecule has 0 spiro atoms. The number of hydrogen-bond donors (Lipinski definition) is 0. The van der Waals surface area contributed by atoms with Crippen LogP contribution in [0.3, 0.4) is 0 Å². The highest BCUT2D eigenvalue weighted by Crippen LogP contribution is 2.08. The van der Waals surface area contributed by atoms with E-state index in [0.29, 0.717) is 0 Å². The largest absolute Gasteiger partial charge is 0.489 e. The summed E-state index contributed by atoms with van der Waals surface area (Å²) in [6, 6.07) is 0. The Morgan fingerprint density at radius 1 is 1.22 bits per heavy atom. The van der Waals surface area contributed by atoms with Gasteiger partial charge in [0.15, 0.2) is 5.75 Å². The zero-order valence-corrected chi connectivity index (χ0v) is 11.5. The summed E-state index contributed by atoms with van der Waals surface area (Å²) in [6.07, 6.45) is 4.88. The van der Waals surface area contributed by atoms with Crippen molar-refractivity contribution in [2.75, 3.05) is 46.4 Å². The predicted octanol–water partition coefficient (Wildman–Crippen LogP) is 0.919. The predicted molar refractivity (Wildman–Crippen MR) is 72.0 cm³/mol. The van der Waals surface area contributed by atoms with Crippen molar-refractivity contribution < 1.29 is 4.74 Å². The fraction of sp³-hybridized carbons (Fsp3) is 0.769. The summed E-state index contributed by atoms with van der Waals surface area (Å²) in [7, 11) is 2.18. The van der Waals surface area contributed by atoms with E-state index in [2.05, 4.69) is 28.9 Å². The third kappa shape index (κ3) is 3.99. The van der Waals surface area contributed by atoms with Gasteiger partial charge in [-0.05, 0) is 13.5 Å². The first-order chi connectivity index (χ1) is 8.78. The van der Waals surface area contributed by atoms with E-state index in [1.165, 1.54) is 0 Å². The molecule has 2 heterocycles. The number of ether oxygens (including phenoxy) is 1. The first kappa shape index (κ1) is 13.4. The second-order valence-corrected chi connectivity index (χ2v) is 4.93. The van der Waals surface area contributed by atoms with Gasteiger partial charge < -0.3 is 9.64 Å². The fourth-order valence-corrected chi connectivity index (χ4v) is 2.13. The molecule has 5 nitrogen and oxygen atoms in total. The number of hydrogen-bond acceptors (Lipinski definition) is 4. The van der Waals surface area contributed by atoms with Crippen molar-refractivity contribution >= 4 is 0 Å². The van der Waals surface area contributed by atoms with Gasteiger partial charge in [-0.1, -0.05) is 6.92 Å². The molecule has 1 aromatic heterocycles. The highest BCUT2D eigenvalue weighted by Gasteiger charge is 2.13. The Hall–Kier alpha value is -1.07. The van der Waals surface area contributed by atoms with Crippen LogP contribution in [0.2, 0.25) is 0 Å². The Morgan fingerprint density at radius 2 is 2.00 bits per heavy atom. The van der Waals surface area contributed by atoms with Gasteiger partial charge >= 0.3 is 0 Å². The van der Waals surface area contributed by atoms with Crippen molar-refractivity contribution in [3.63, 3.8) is 0 Å². The van der Waals surface area contributed by atoms with Gasteiger partial charge in [-0.25, -0.2) is 0 Å². The van der Waals surface area contributed by atoms with Crippen LogP contribution in [0.15, 0.2) is 12.4 Å². The van der Waals surface area contributed by atoms with Gasteiger partial charge in [0.05, 0.1) is 12.4 Å². The summed E-state index contributed by atoms with van der Waals surface area (Å²) in [5.41, 5.74) is 0. The van der Waals surface area contributed by atoms with Crippen LogP contribution in [-0.2, 0) is 6.54 Å². The third-order valence-corrected chi connectivity index (χ3v) is 3.33. The van der Waals surface area contributed by atoms with Gasteiger partial charge in [0.25, 0.3) is 0 Å². The zero-order chi connectivity index (χ0) is 12.8. The quantitative estimate of drug-likeness (QED) is 0.754. The van der Waals surface area contributed by atoms with Crippen molar-refractivity contribution in [1.29, 1.82) is 0 Å². The Balaban J connectivity index is 1.65. The lowest BCUT2D eigenvalue weighted by Crippen LogP contribution is -2.45. The molecule has 1 saturated heterocycles. The van der Waals surface area contributed by atoms with E-state index in [1.807, 2.05) is 10.9 Å². The first-order valence-corrected chi connectivity index (χ1v) is 6.84. The molecule has 1 aromatic rings. The molecule has 1 aliphatic heterocycles. The van der Waals surface area contributed by atoms with E-state index in [9.17, 15) is 0 Å².